The number of aryl methyl sites for hydroxylation is 1. The molecule has 1 N–H and O–H groups in total. The third-order valence-corrected chi connectivity index (χ3v) is 4.93. The molecule has 3 aromatic rings. The third kappa shape index (κ3) is 6.07. The monoisotopic (exact) mass is 429 g/mol. The lowest BCUT2D eigenvalue weighted by molar-refractivity contribution is -0.0493. The summed E-state index contributed by atoms with van der Waals surface area (Å²) in [6, 6.07) is 15.6. The number of furan rings is 1. The van der Waals surface area contributed by atoms with Gasteiger partial charge < -0.3 is 19.2 Å². The third-order valence-electron chi connectivity index (χ3n) is 4.93. The number of halogens is 2. The number of benzene rings is 2. The van der Waals surface area contributed by atoms with E-state index in [1.54, 1.807) is 25.1 Å². The van der Waals surface area contributed by atoms with Gasteiger partial charge in [0.05, 0.1) is 5.69 Å². The number of rotatable bonds is 9. The van der Waals surface area contributed by atoms with Crippen LogP contribution in [-0.2, 0) is 6.61 Å². The fraction of sp³-hybridized carbons (Fsp3) is 0.292. The van der Waals surface area contributed by atoms with Crippen molar-refractivity contribution in [2.75, 3.05) is 5.32 Å². The van der Waals surface area contributed by atoms with Crippen molar-refractivity contribution < 1.29 is 27.5 Å². The second-order valence-electron chi connectivity index (χ2n) is 7.27. The number of amides is 1. The van der Waals surface area contributed by atoms with Crippen molar-refractivity contribution in [2.45, 2.75) is 46.3 Å². The Hall–Kier alpha value is -3.35. The van der Waals surface area contributed by atoms with Crippen LogP contribution in [0.1, 0.15) is 53.6 Å². The van der Waals surface area contributed by atoms with E-state index in [2.05, 4.69) is 23.9 Å². The van der Waals surface area contributed by atoms with Crippen LogP contribution in [0.4, 0.5) is 14.5 Å². The van der Waals surface area contributed by atoms with Crippen molar-refractivity contribution in [3.8, 4) is 11.5 Å². The van der Waals surface area contributed by atoms with E-state index in [1.165, 1.54) is 17.7 Å². The fourth-order valence-corrected chi connectivity index (χ4v) is 2.98. The molecule has 1 heterocycles. The molecule has 0 saturated heterocycles. The lowest BCUT2D eigenvalue weighted by Crippen LogP contribution is -2.13. The van der Waals surface area contributed by atoms with Gasteiger partial charge in [-0.15, -0.1) is 0 Å². The van der Waals surface area contributed by atoms with Crippen molar-refractivity contribution >= 4 is 11.6 Å². The van der Waals surface area contributed by atoms with E-state index in [1.807, 2.05) is 24.3 Å². The van der Waals surface area contributed by atoms with Gasteiger partial charge in [-0.1, -0.05) is 32.0 Å². The van der Waals surface area contributed by atoms with Crippen molar-refractivity contribution in [3.05, 3.63) is 77.2 Å². The number of carbonyl (C=O) groups excluding carboxylic acids is 1. The van der Waals surface area contributed by atoms with Gasteiger partial charge in [0.2, 0.25) is 0 Å². The average molecular weight is 429 g/mol. The first-order valence-corrected chi connectivity index (χ1v) is 10.0. The summed E-state index contributed by atoms with van der Waals surface area (Å²) >= 11 is 0. The van der Waals surface area contributed by atoms with Crippen LogP contribution in [0, 0.1) is 6.92 Å². The molecule has 164 valence electrons. The van der Waals surface area contributed by atoms with Crippen LogP contribution in [0.15, 0.2) is 59.0 Å². The first-order valence-electron chi connectivity index (χ1n) is 10.0. The van der Waals surface area contributed by atoms with Gasteiger partial charge in [-0.3, -0.25) is 4.79 Å². The standard InChI is InChI=1S/C24H25F2NO4/c1-4-16(3)17-6-8-18(9-7-17)29-14-19-10-12-22(30-19)23(28)27-20-13-15(2)5-11-21(20)31-24(25)26/h5-13,16,24H,4,14H2,1-3H3,(H,27,28). The summed E-state index contributed by atoms with van der Waals surface area (Å²) in [6.07, 6.45) is 1.07. The van der Waals surface area contributed by atoms with Crippen LogP contribution >= 0.6 is 0 Å². The first-order chi connectivity index (χ1) is 14.9. The Labute approximate surface area is 180 Å². The van der Waals surface area contributed by atoms with E-state index in [4.69, 9.17) is 9.15 Å². The van der Waals surface area contributed by atoms with Crippen LogP contribution in [0.2, 0.25) is 0 Å². The Morgan fingerprint density at radius 1 is 1.10 bits per heavy atom. The highest BCUT2D eigenvalue weighted by Crippen LogP contribution is 2.28. The summed E-state index contributed by atoms with van der Waals surface area (Å²) in [5.74, 6) is 0.988. The molecule has 1 amide bonds. The highest BCUT2D eigenvalue weighted by Gasteiger charge is 2.16. The Morgan fingerprint density at radius 2 is 1.84 bits per heavy atom. The lowest BCUT2D eigenvalue weighted by Gasteiger charge is -2.12. The average Bonchev–Trinajstić information content (AvgIpc) is 3.23. The molecule has 0 radical (unpaired) electrons. The number of hydrogen-bond acceptors (Lipinski definition) is 4. The molecular weight excluding hydrogens is 404 g/mol. The van der Waals surface area contributed by atoms with Crippen molar-refractivity contribution in [2.24, 2.45) is 0 Å². The summed E-state index contributed by atoms with van der Waals surface area (Å²) in [6.45, 7) is 3.25. The van der Waals surface area contributed by atoms with E-state index in [-0.39, 0.29) is 23.8 Å². The van der Waals surface area contributed by atoms with Crippen LogP contribution in [-0.4, -0.2) is 12.5 Å². The van der Waals surface area contributed by atoms with Gasteiger partial charge in [-0.2, -0.15) is 8.78 Å². The molecule has 3 rings (SSSR count). The summed E-state index contributed by atoms with van der Waals surface area (Å²) in [5, 5.41) is 2.55. The molecule has 1 aromatic heterocycles. The van der Waals surface area contributed by atoms with Gasteiger partial charge in [0, 0.05) is 0 Å². The predicted molar refractivity (Wildman–Crippen MR) is 114 cm³/mol. The van der Waals surface area contributed by atoms with Crippen molar-refractivity contribution in [1.29, 1.82) is 0 Å². The fourth-order valence-electron chi connectivity index (χ4n) is 2.98. The number of nitrogens with one attached hydrogen (secondary N) is 1. The van der Waals surface area contributed by atoms with Gasteiger partial charge in [-0.25, -0.2) is 0 Å². The second kappa shape index (κ2) is 10.1. The molecule has 0 spiro atoms. The normalized spacial score (nSPS) is 11.9. The lowest BCUT2D eigenvalue weighted by atomic mass is 9.99. The number of carbonyl (C=O) groups is 1. The second-order valence-corrected chi connectivity index (χ2v) is 7.27. The van der Waals surface area contributed by atoms with Gasteiger partial charge in [0.1, 0.15) is 23.9 Å². The predicted octanol–water partition coefficient (Wildman–Crippen LogP) is 6.53. The topological polar surface area (TPSA) is 60.7 Å². The van der Waals surface area contributed by atoms with Crippen LogP contribution in [0.5, 0.6) is 11.5 Å². The zero-order valence-electron chi connectivity index (χ0n) is 17.7. The minimum absolute atomic E-state index is 0.0372. The highest BCUT2D eigenvalue weighted by molar-refractivity contribution is 6.03. The van der Waals surface area contributed by atoms with E-state index in [0.29, 0.717) is 17.4 Å². The molecule has 7 heteroatoms. The quantitative estimate of drug-likeness (QED) is 0.420. The maximum absolute atomic E-state index is 12.6. The molecule has 0 aliphatic carbocycles. The van der Waals surface area contributed by atoms with Gasteiger partial charge in [0.15, 0.2) is 5.76 Å². The Kier molecular flexibility index (Phi) is 7.28. The highest BCUT2D eigenvalue weighted by atomic mass is 19.3. The molecule has 0 fully saturated rings. The van der Waals surface area contributed by atoms with E-state index in [0.717, 1.165) is 12.0 Å². The molecular formula is C24H25F2NO4. The van der Waals surface area contributed by atoms with E-state index in [9.17, 15) is 13.6 Å². The van der Waals surface area contributed by atoms with E-state index < -0.39 is 12.5 Å². The molecule has 0 saturated carbocycles. The minimum atomic E-state index is -3.00. The molecule has 0 bridgehead atoms. The van der Waals surface area contributed by atoms with E-state index >= 15 is 0 Å². The number of anilines is 1. The van der Waals surface area contributed by atoms with Crippen LogP contribution < -0.4 is 14.8 Å². The van der Waals surface area contributed by atoms with Crippen molar-refractivity contribution in [1.82, 2.24) is 0 Å². The summed E-state index contributed by atoms with van der Waals surface area (Å²) in [4.78, 5) is 12.5. The summed E-state index contributed by atoms with van der Waals surface area (Å²) < 4.78 is 40.9. The first kappa shape index (κ1) is 22.3. The molecule has 0 aliphatic heterocycles. The van der Waals surface area contributed by atoms with Gasteiger partial charge >= 0.3 is 6.61 Å². The molecule has 1 atom stereocenters. The Morgan fingerprint density at radius 3 is 2.52 bits per heavy atom. The van der Waals surface area contributed by atoms with Crippen LogP contribution in [0.25, 0.3) is 0 Å². The molecule has 1 unspecified atom stereocenters. The van der Waals surface area contributed by atoms with Gasteiger partial charge in [0.25, 0.3) is 5.91 Å². The van der Waals surface area contributed by atoms with Crippen molar-refractivity contribution in [3.63, 3.8) is 0 Å². The number of alkyl halides is 2. The van der Waals surface area contributed by atoms with Gasteiger partial charge in [-0.05, 0) is 66.8 Å². The van der Waals surface area contributed by atoms with Crippen LogP contribution in [0.3, 0.4) is 0 Å². The maximum Gasteiger partial charge on any atom is 0.387 e. The summed E-state index contributed by atoms with van der Waals surface area (Å²) in [5.41, 5.74) is 2.17. The SMILES string of the molecule is CCC(C)c1ccc(OCc2ccc(C(=O)Nc3cc(C)ccc3OC(F)F)o2)cc1. The largest absolute Gasteiger partial charge is 0.486 e. The molecule has 31 heavy (non-hydrogen) atoms. The zero-order valence-corrected chi connectivity index (χ0v) is 17.7. The summed E-state index contributed by atoms with van der Waals surface area (Å²) in [7, 11) is 0. The number of hydrogen-bond donors (Lipinski definition) is 1. The maximum atomic E-state index is 12.6. The molecule has 0 aliphatic rings. The minimum Gasteiger partial charge on any atom is -0.486 e. The smallest absolute Gasteiger partial charge is 0.387 e. The molecule has 2 aromatic carbocycles. The zero-order chi connectivity index (χ0) is 22.4. The Balaban J connectivity index is 1.62. The molecule has 5 nitrogen and oxygen atoms in total. The number of ether oxygens (including phenoxy) is 2. The Bertz CT molecular complexity index is 1010.